The molecule has 5 heteroatoms. The maximum Gasteiger partial charge on any atom is 0.252 e. The monoisotopic (exact) mass is 390 g/mol. The van der Waals surface area contributed by atoms with Crippen molar-refractivity contribution in [1.29, 1.82) is 0 Å². The molecule has 2 heterocycles. The summed E-state index contributed by atoms with van der Waals surface area (Å²) in [6.45, 7) is 3.43. The maximum atomic E-state index is 13.2. The number of rotatable bonds is 6. The zero-order valence-electron chi connectivity index (χ0n) is 16.9. The molecule has 0 spiro atoms. The summed E-state index contributed by atoms with van der Waals surface area (Å²) in [4.78, 5) is 18.2. The standard InChI is InChI=1S/C24H26N2O3/c1-16-13-17(15-18-7-5-12-29-18)23-20(14-16)22(24(27)25-10-6-11-28-2)19-8-3-4-9-21(19)26-23/h3-5,7-9,12,15-16H,6,10-11,13-14H2,1-2H3,(H,25,27)/b17-15+. The third-order valence-electron chi connectivity index (χ3n) is 5.32. The van der Waals surface area contributed by atoms with Crippen LogP contribution in [0.25, 0.3) is 22.6 Å². The van der Waals surface area contributed by atoms with E-state index in [-0.39, 0.29) is 5.91 Å². The van der Waals surface area contributed by atoms with E-state index in [1.165, 1.54) is 0 Å². The smallest absolute Gasteiger partial charge is 0.252 e. The number of furan rings is 1. The number of para-hydroxylation sites is 1. The Hall–Kier alpha value is -2.92. The van der Waals surface area contributed by atoms with E-state index in [2.05, 4.69) is 18.3 Å². The SMILES string of the molecule is COCCCNC(=O)c1c2c(nc3ccccc13)/C(=C/c1ccco1)CC(C)C2. The summed E-state index contributed by atoms with van der Waals surface area (Å²) < 4.78 is 10.6. The Balaban J connectivity index is 1.82. The molecule has 5 nitrogen and oxygen atoms in total. The molecule has 29 heavy (non-hydrogen) atoms. The summed E-state index contributed by atoms with van der Waals surface area (Å²) in [6.07, 6.45) is 6.26. The Morgan fingerprint density at radius 3 is 2.93 bits per heavy atom. The molecule has 1 aliphatic rings. The van der Waals surface area contributed by atoms with Crippen molar-refractivity contribution >= 4 is 28.5 Å². The van der Waals surface area contributed by atoms with Crippen molar-refractivity contribution in [1.82, 2.24) is 10.3 Å². The average molecular weight is 390 g/mol. The van der Waals surface area contributed by atoms with Gasteiger partial charge in [-0.2, -0.15) is 0 Å². The van der Waals surface area contributed by atoms with Crippen molar-refractivity contribution in [2.24, 2.45) is 5.92 Å². The Morgan fingerprint density at radius 1 is 1.28 bits per heavy atom. The fraction of sp³-hybridized carbons (Fsp3) is 0.333. The lowest BCUT2D eigenvalue weighted by Gasteiger charge is -2.26. The molecular weight excluding hydrogens is 364 g/mol. The summed E-state index contributed by atoms with van der Waals surface area (Å²) in [5.74, 6) is 1.19. The fourth-order valence-corrected chi connectivity index (χ4v) is 4.05. The zero-order chi connectivity index (χ0) is 20.2. The van der Waals surface area contributed by atoms with Crippen LogP contribution in [0.3, 0.4) is 0 Å². The van der Waals surface area contributed by atoms with Crippen molar-refractivity contribution in [2.75, 3.05) is 20.3 Å². The van der Waals surface area contributed by atoms with Crippen LogP contribution in [0.5, 0.6) is 0 Å². The van der Waals surface area contributed by atoms with Gasteiger partial charge in [0.05, 0.1) is 23.0 Å². The molecule has 1 amide bonds. The third-order valence-corrected chi connectivity index (χ3v) is 5.32. The molecule has 0 fully saturated rings. The number of amides is 1. The van der Waals surface area contributed by atoms with Crippen molar-refractivity contribution in [3.63, 3.8) is 0 Å². The van der Waals surface area contributed by atoms with Crippen LogP contribution >= 0.6 is 0 Å². The molecule has 0 radical (unpaired) electrons. The Morgan fingerprint density at radius 2 is 2.14 bits per heavy atom. The Labute approximate surface area is 170 Å². The van der Waals surface area contributed by atoms with Crippen molar-refractivity contribution < 1.29 is 13.9 Å². The largest absolute Gasteiger partial charge is 0.465 e. The predicted molar refractivity (Wildman–Crippen MR) is 115 cm³/mol. The van der Waals surface area contributed by atoms with Crippen LogP contribution in [0.4, 0.5) is 0 Å². The minimum absolute atomic E-state index is 0.0394. The Kier molecular flexibility index (Phi) is 5.76. The molecule has 150 valence electrons. The van der Waals surface area contributed by atoms with E-state index in [0.29, 0.717) is 19.1 Å². The molecule has 1 aromatic carbocycles. The van der Waals surface area contributed by atoms with E-state index in [1.807, 2.05) is 36.4 Å². The van der Waals surface area contributed by atoms with Gasteiger partial charge in [0.25, 0.3) is 5.91 Å². The van der Waals surface area contributed by atoms with Gasteiger partial charge >= 0.3 is 0 Å². The van der Waals surface area contributed by atoms with Gasteiger partial charge in [0.2, 0.25) is 0 Å². The van der Waals surface area contributed by atoms with Crippen LogP contribution < -0.4 is 5.32 Å². The lowest BCUT2D eigenvalue weighted by molar-refractivity contribution is 0.0949. The number of methoxy groups -OCH3 is 1. The highest BCUT2D eigenvalue weighted by atomic mass is 16.5. The lowest BCUT2D eigenvalue weighted by Crippen LogP contribution is -2.28. The summed E-state index contributed by atoms with van der Waals surface area (Å²) in [7, 11) is 1.67. The molecule has 0 saturated heterocycles. The van der Waals surface area contributed by atoms with Gasteiger partial charge in [-0.3, -0.25) is 4.79 Å². The molecular formula is C24H26N2O3. The number of pyridine rings is 1. The number of carbonyl (C=O) groups excluding carboxylic acids is 1. The van der Waals surface area contributed by atoms with E-state index < -0.39 is 0 Å². The lowest BCUT2D eigenvalue weighted by atomic mass is 9.80. The fourth-order valence-electron chi connectivity index (χ4n) is 4.05. The highest BCUT2D eigenvalue weighted by molar-refractivity contribution is 6.09. The van der Waals surface area contributed by atoms with E-state index >= 15 is 0 Å². The van der Waals surface area contributed by atoms with Gasteiger partial charge < -0.3 is 14.5 Å². The molecule has 1 N–H and O–H groups in total. The molecule has 0 saturated carbocycles. The minimum atomic E-state index is -0.0394. The second-order valence-electron chi connectivity index (χ2n) is 7.63. The van der Waals surface area contributed by atoms with Crippen LogP contribution in [-0.4, -0.2) is 31.2 Å². The van der Waals surface area contributed by atoms with Crippen LogP contribution in [0, 0.1) is 5.92 Å². The highest BCUT2D eigenvalue weighted by Crippen LogP contribution is 2.38. The average Bonchev–Trinajstić information content (AvgIpc) is 3.22. The summed E-state index contributed by atoms with van der Waals surface area (Å²) >= 11 is 0. The first kappa shape index (κ1) is 19.4. The van der Waals surface area contributed by atoms with Gasteiger partial charge in [-0.1, -0.05) is 25.1 Å². The van der Waals surface area contributed by atoms with Crippen molar-refractivity contribution in [2.45, 2.75) is 26.2 Å². The van der Waals surface area contributed by atoms with Gasteiger partial charge in [-0.25, -0.2) is 4.98 Å². The number of nitrogens with zero attached hydrogens (tertiary/aromatic N) is 1. The van der Waals surface area contributed by atoms with Crippen LogP contribution in [0.2, 0.25) is 0 Å². The van der Waals surface area contributed by atoms with E-state index in [0.717, 1.165) is 58.3 Å². The number of nitrogens with one attached hydrogen (secondary N) is 1. The van der Waals surface area contributed by atoms with Crippen molar-refractivity contribution in [3.05, 3.63) is 65.2 Å². The van der Waals surface area contributed by atoms with E-state index in [1.54, 1.807) is 13.4 Å². The topological polar surface area (TPSA) is 64.4 Å². The minimum Gasteiger partial charge on any atom is -0.465 e. The number of aromatic nitrogens is 1. The Bertz CT molecular complexity index is 1040. The molecule has 0 aliphatic heterocycles. The number of hydrogen-bond donors (Lipinski definition) is 1. The zero-order valence-corrected chi connectivity index (χ0v) is 16.9. The molecule has 1 atom stereocenters. The third kappa shape index (κ3) is 4.10. The van der Waals surface area contributed by atoms with E-state index in [9.17, 15) is 4.79 Å². The van der Waals surface area contributed by atoms with Gasteiger partial charge in [0.15, 0.2) is 0 Å². The molecule has 1 unspecified atom stereocenters. The normalized spacial score (nSPS) is 17.4. The highest BCUT2D eigenvalue weighted by Gasteiger charge is 2.28. The molecule has 2 aromatic heterocycles. The number of hydrogen-bond acceptors (Lipinski definition) is 4. The predicted octanol–water partition coefficient (Wildman–Crippen LogP) is 4.72. The van der Waals surface area contributed by atoms with Gasteiger partial charge in [-0.05, 0) is 60.6 Å². The summed E-state index contributed by atoms with van der Waals surface area (Å²) in [5.41, 5.74) is 4.66. The van der Waals surface area contributed by atoms with Crippen molar-refractivity contribution in [3.8, 4) is 0 Å². The number of ether oxygens (including phenoxy) is 1. The number of carbonyl (C=O) groups is 1. The van der Waals surface area contributed by atoms with Gasteiger partial charge in [0, 0.05) is 25.6 Å². The van der Waals surface area contributed by atoms with Gasteiger partial charge in [-0.15, -0.1) is 0 Å². The number of benzene rings is 1. The summed E-state index contributed by atoms with van der Waals surface area (Å²) in [6, 6.07) is 11.7. The van der Waals surface area contributed by atoms with Crippen LogP contribution in [0.15, 0.2) is 47.1 Å². The van der Waals surface area contributed by atoms with Crippen LogP contribution in [-0.2, 0) is 11.2 Å². The first-order valence-electron chi connectivity index (χ1n) is 10.1. The second-order valence-corrected chi connectivity index (χ2v) is 7.63. The molecule has 4 rings (SSSR count). The maximum absolute atomic E-state index is 13.2. The van der Waals surface area contributed by atoms with Crippen LogP contribution in [0.1, 0.15) is 47.1 Å². The van der Waals surface area contributed by atoms with Gasteiger partial charge in [0.1, 0.15) is 5.76 Å². The number of allylic oxidation sites excluding steroid dienone is 1. The molecule has 1 aliphatic carbocycles. The van der Waals surface area contributed by atoms with E-state index in [4.69, 9.17) is 14.1 Å². The second kappa shape index (κ2) is 8.62. The first-order chi connectivity index (χ1) is 14.2. The number of fused-ring (bicyclic) bond motifs is 2. The first-order valence-corrected chi connectivity index (χ1v) is 10.1. The summed E-state index contributed by atoms with van der Waals surface area (Å²) in [5, 5.41) is 3.97. The molecule has 3 aromatic rings. The molecule has 0 bridgehead atoms. The quantitative estimate of drug-likeness (QED) is 0.619.